The summed E-state index contributed by atoms with van der Waals surface area (Å²) >= 11 is 5.83. The van der Waals surface area contributed by atoms with Crippen LogP contribution in [0.4, 0.5) is 0 Å². The van der Waals surface area contributed by atoms with E-state index >= 15 is 0 Å². The summed E-state index contributed by atoms with van der Waals surface area (Å²) in [6.45, 7) is 2.24. The molecule has 0 saturated carbocycles. The number of halogens is 1. The summed E-state index contributed by atoms with van der Waals surface area (Å²) in [6.07, 6.45) is 1.91. The lowest BCUT2D eigenvalue weighted by Gasteiger charge is -2.14. The molecule has 88 valence electrons. The van der Waals surface area contributed by atoms with Gasteiger partial charge in [-0.05, 0) is 24.6 Å². The van der Waals surface area contributed by atoms with E-state index in [4.69, 9.17) is 17.3 Å². The highest BCUT2D eigenvalue weighted by Crippen LogP contribution is 2.22. The molecular formula is C11H15ClN2O2. The van der Waals surface area contributed by atoms with Gasteiger partial charge in [-0.2, -0.15) is 0 Å². The Labute approximate surface area is 99.8 Å². The molecule has 2 N–H and O–H groups in total. The Morgan fingerprint density at radius 2 is 2.38 bits per heavy atom. The zero-order chi connectivity index (χ0) is 12.1. The van der Waals surface area contributed by atoms with Crippen LogP contribution in [0.25, 0.3) is 0 Å². The van der Waals surface area contributed by atoms with Crippen LogP contribution in [0, 0.1) is 6.92 Å². The van der Waals surface area contributed by atoms with E-state index in [1.807, 2.05) is 13.0 Å². The number of carbonyl (C=O) groups is 1. The van der Waals surface area contributed by atoms with Crippen LogP contribution >= 0.6 is 11.6 Å². The molecule has 4 nitrogen and oxygen atoms in total. The minimum absolute atomic E-state index is 0.0732. The molecule has 0 saturated heterocycles. The molecule has 1 rings (SSSR count). The fraction of sp³-hybridized carbons (Fsp3) is 0.455. The number of hydrogen-bond acceptors (Lipinski definition) is 4. The predicted molar refractivity (Wildman–Crippen MR) is 62.4 cm³/mol. The number of nitrogens with zero attached hydrogens (tertiary/aromatic N) is 1. The van der Waals surface area contributed by atoms with Crippen LogP contribution in [0.15, 0.2) is 12.3 Å². The Balaban J connectivity index is 2.86. The molecule has 0 aromatic carbocycles. The van der Waals surface area contributed by atoms with E-state index in [1.54, 1.807) is 6.20 Å². The van der Waals surface area contributed by atoms with Crippen molar-refractivity contribution in [2.45, 2.75) is 19.3 Å². The highest BCUT2D eigenvalue weighted by molar-refractivity contribution is 6.30. The highest BCUT2D eigenvalue weighted by atomic mass is 35.5. The van der Waals surface area contributed by atoms with Crippen LogP contribution in [0.2, 0.25) is 5.15 Å². The maximum atomic E-state index is 11.2. The third kappa shape index (κ3) is 3.18. The summed E-state index contributed by atoms with van der Waals surface area (Å²) in [6, 6.07) is 1.90. The van der Waals surface area contributed by atoms with Crippen LogP contribution in [-0.4, -0.2) is 24.6 Å². The van der Waals surface area contributed by atoms with Crippen molar-refractivity contribution in [2.75, 3.05) is 13.7 Å². The third-order valence-corrected chi connectivity index (χ3v) is 2.83. The van der Waals surface area contributed by atoms with E-state index in [9.17, 15) is 4.79 Å². The largest absolute Gasteiger partial charge is 0.469 e. The van der Waals surface area contributed by atoms with Gasteiger partial charge in [-0.3, -0.25) is 4.79 Å². The molecule has 1 unspecified atom stereocenters. The average Bonchev–Trinajstić information content (AvgIpc) is 2.29. The molecule has 0 radical (unpaired) electrons. The standard InChI is InChI=1S/C11H15ClN2O2/c1-7-3-9(6-14-11(7)12)8(5-13)4-10(15)16-2/h3,6,8H,4-5,13H2,1-2H3. The van der Waals surface area contributed by atoms with E-state index in [1.165, 1.54) is 7.11 Å². The van der Waals surface area contributed by atoms with Gasteiger partial charge in [-0.1, -0.05) is 17.7 Å². The van der Waals surface area contributed by atoms with Crippen LogP contribution in [-0.2, 0) is 9.53 Å². The van der Waals surface area contributed by atoms with Gasteiger partial charge in [0.1, 0.15) is 5.15 Å². The first-order valence-corrected chi connectivity index (χ1v) is 5.35. The predicted octanol–water partition coefficient (Wildman–Crippen LogP) is 1.65. The van der Waals surface area contributed by atoms with Crippen LogP contribution < -0.4 is 5.73 Å². The van der Waals surface area contributed by atoms with Gasteiger partial charge in [-0.25, -0.2) is 4.98 Å². The minimum Gasteiger partial charge on any atom is -0.469 e. The van der Waals surface area contributed by atoms with Gasteiger partial charge in [0, 0.05) is 12.1 Å². The molecule has 1 aromatic heterocycles. The molecule has 0 aliphatic heterocycles. The number of ether oxygens (including phenoxy) is 1. The Bertz CT molecular complexity index is 382. The zero-order valence-electron chi connectivity index (χ0n) is 9.37. The summed E-state index contributed by atoms with van der Waals surface area (Å²) < 4.78 is 4.62. The van der Waals surface area contributed by atoms with Gasteiger partial charge in [0.25, 0.3) is 0 Å². The van der Waals surface area contributed by atoms with Crippen molar-refractivity contribution in [3.63, 3.8) is 0 Å². The summed E-state index contributed by atoms with van der Waals surface area (Å²) in [5.74, 6) is -0.348. The van der Waals surface area contributed by atoms with Gasteiger partial charge in [0.05, 0.1) is 13.5 Å². The van der Waals surface area contributed by atoms with E-state index < -0.39 is 0 Å². The number of aromatic nitrogens is 1. The van der Waals surface area contributed by atoms with Crippen molar-refractivity contribution in [1.29, 1.82) is 0 Å². The lowest BCUT2D eigenvalue weighted by Crippen LogP contribution is -2.17. The first kappa shape index (κ1) is 12.9. The maximum Gasteiger partial charge on any atom is 0.306 e. The van der Waals surface area contributed by atoms with Crippen molar-refractivity contribution >= 4 is 17.6 Å². The summed E-state index contributed by atoms with van der Waals surface area (Å²) in [7, 11) is 1.36. The molecule has 1 heterocycles. The smallest absolute Gasteiger partial charge is 0.306 e. The minimum atomic E-state index is -0.275. The Kier molecular flexibility index (Phi) is 4.71. The Morgan fingerprint density at radius 1 is 1.69 bits per heavy atom. The topological polar surface area (TPSA) is 65.2 Å². The second-order valence-electron chi connectivity index (χ2n) is 3.59. The number of esters is 1. The number of pyridine rings is 1. The van der Waals surface area contributed by atoms with Crippen LogP contribution in [0.1, 0.15) is 23.5 Å². The van der Waals surface area contributed by atoms with Crippen molar-refractivity contribution in [3.8, 4) is 0 Å². The normalized spacial score (nSPS) is 12.2. The number of hydrogen-bond donors (Lipinski definition) is 1. The fourth-order valence-electron chi connectivity index (χ4n) is 1.42. The Hall–Kier alpha value is -1.13. The number of rotatable bonds is 4. The van der Waals surface area contributed by atoms with Crippen molar-refractivity contribution in [1.82, 2.24) is 4.98 Å². The quantitative estimate of drug-likeness (QED) is 0.644. The number of aryl methyl sites for hydroxylation is 1. The molecule has 0 amide bonds. The highest BCUT2D eigenvalue weighted by Gasteiger charge is 2.16. The molecular weight excluding hydrogens is 228 g/mol. The van der Waals surface area contributed by atoms with E-state index in [0.717, 1.165) is 11.1 Å². The van der Waals surface area contributed by atoms with Crippen molar-refractivity contribution < 1.29 is 9.53 Å². The maximum absolute atomic E-state index is 11.2. The fourth-order valence-corrected chi connectivity index (χ4v) is 1.53. The van der Waals surface area contributed by atoms with Crippen molar-refractivity contribution in [3.05, 3.63) is 28.5 Å². The first-order chi connectivity index (χ1) is 7.58. The van der Waals surface area contributed by atoms with E-state index in [0.29, 0.717) is 11.7 Å². The SMILES string of the molecule is COC(=O)CC(CN)c1cnc(Cl)c(C)c1. The van der Waals surface area contributed by atoms with Gasteiger partial charge < -0.3 is 10.5 Å². The van der Waals surface area contributed by atoms with Crippen molar-refractivity contribution in [2.24, 2.45) is 5.73 Å². The first-order valence-electron chi connectivity index (χ1n) is 4.97. The summed E-state index contributed by atoms with van der Waals surface area (Å²) in [4.78, 5) is 15.2. The third-order valence-electron chi connectivity index (χ3n) is 2.43. The van der Waals surface area contributed by atoms with E-state index in [-0.39, 0.29) is 18.3 Å². The molecule has 0 bridgehead atoms. The zero-order valence-corrected chi connectivity index (χ0v) is 10.1. The number of methoxy groups -OCH3 is 1. The second kappa shape index (κ2) is 5.82. The average molecular weight is 243 g/mol. The summed E-state index contributed by atoms with van der Waals surface area (Å²) in [5.41, 5.74) is 7.42. The van der Waals surface area contributed by atoms with E-state index in [2.05, 4.69) is 9.72 Å². The molecule has 1 aromatic rings. The van der Waals surface area contributed by atoms with Crippen LogP contribution in [0.3, 0.4) is 0 Å². The molecule has 0 fully saturated rings. The lowest BCUT2D eigenvalue weighted by molar-refractivity contribution is -0.141. The Morgan fingerprint density at radius 3 is 2.88 bits per heavy atom. The van der Waals surface area contributed by atoms with Gasteiger partial charge in [0.15, 0.2) is 0 Å². The van der Waals surface area contributed by atoms with Gasteiger partial charge in [0.2, 0.25) is 0 Å². The van der Waals surface area contributed by atoms with Crippen LogP contribution in [0.5, 0.6) is 0 Å². The molecule has 1 atom stereocenters. The molecule has 0 aliphatic rings. The summed E-state index contributed by atoms with van der Waals surface area (Å²) in [5, 5.41) is 0.470. The molecule has 0 spiro atoms. The van der Waals surface area contributed by atoms with Gasteiger partial charge in [-0.15, -0.1) is 0 Å². The molecule has 5 heteroatoms. The second-order valence-corrected chi connectivity index (χ2v) is 3.95. The molecule has 16 heavy (non-hydrogen) atoms. The monoisotopic (exact) mass is 242 g/mol. The van der Waals surface area contributed by atoms with Gasteiger partial charge >= 0.3 is 5.97 Å². The lowest BCUT2D eigenvalue weighted by atomic mass is 9.96. The number of carbonyl (C=O) groups excluding carboxylic acids is 1. The molecule has 0 aliphatic carbocycles. The number of nitrogens with two attached hydrogens (primary N) is 1.